The molecule has 4 rings (SSSR count). The zero-order valence-corrected chi connectivity index (χ0v) is 16.5. The number of hydrogen-bond donors (Lipinski definition) is 1. The van der Waals surface area contributed by atoms with Crippen molar-refractivity contribution in [1.82, 2.24) is 9.80 Å². The number of carbonyl (C=O) groups excluding carboxylic acids is 1. The lowest BCUT2D eigenvalue weighted by Gasteiger charge is -2.37. The lowest BCUT2D eigenvalue weighted by molar-refractivity contribution is -0.121. The van der Waals surface area contributed by atoms with E-state index in [9.17, 15) is 4.79 Å². The monoisotopic (exact) mass is 398 g/mol. The Morgan fingerprint density at radius 3 is 2.82 bits per heavy atom. The van der Waals surface area contributed by atoms with Gasteiger partial charge in [-0.1, -0.05) is 6.07 Å². The molecule has 146 valence electrons. The first-order valence-electron chi connectivity index (χ1n) is 9.27. The molecule has 0 bridgehead atoms. The normalized spacial score (nSPS) is 17.9. The fraction of sp³-hybridized carbons (Fsp3) is 0.400. The Bertz CT molecular complexity index is 899. The van der Waals surface area contributed by atoms with Gasteiger partial charge in [-0.3, -0.25) is 14.6 Å². The van der Waals surface area contributed by atoms with Crippen molar-refractivity contribution in [3.8, 4) is 17.6 Å². The maximum atomic E-state index is 12.6. The molecule has 0 saturated carbocycles. The maximum Gasteiger partial charge on any atom is 0.242 e. The van der Waals surface area contributed by atoms with Crippen molar-refractivity contribution in [2.45, 2.75) is 19.5 Å². The van der Waals surface area contributed by atoms with E-state index in [1.54, 1.807) is 6.07 Å². The lowest BCUT2D eigenvalue weighted by atomic mass is 10.1. The predicted octanol–water partition coefficient (Wildman–Crippen LogP) is 2.49. The highest BCUT2D eigenvalue weighted by molar-refractivity contribution is 7.14. The van der Waals surface area contributed by atoms with Crippen LogP contribution in [0.15, 0.2) is 29.6 Å². The first-order chi connectivity index (χ1) is 13.6. The lowest BCUT2D eigenvalue weighted by Crippen LogP contribution is -2.52. The predicted molar refractivity (Wildman–Crippen MR) is 107 cm³/mol. The van der Waals surface area contributed by atoms with Gasteiger partial charge >= 0.3 is 0 Å². The van der Waals surface area contributed by atoms with Gasteiger partial charge in [0.1, 0.15) is 11.1 Å². The van der Waals surface area contributed by atoms with Crippen LogP contribution in [0.1, 0.15) is 18.1 Å². The van der Waals surface area contributed by atoms with Crippen LogP contribution < -0.4 is 14.8 Å². The Morgan fingerprint density at radius 2 is 2.04 bits per heavy atom. The van der Waals surface area contributed by atoms with Gasteiger partial charge in [-0.2, -0.15) is 5.26 Å². The summed E-state index contributed by atoms with van der Waals surface area (Å²) >= 11 is 1.38. The molecule has 3 heterocycles. The molecule has 2 aliphatic heterocycles. The number of carbonyl (C=O) groups is 1. The Labute approximate surface area is 168 Å². The standard InChI is InChI=1S/C20H22N4O3S/c1-14(19(25)22-20-16(11-21)4-9-28-20)24-7-5-23(6-8-24)12-15-2-3-17-18(10-15)27-13-26-17/h2-4,9-10,14H,5-8,12-13H2,1H3,(H,22,25)/t14-/m1/s1. The second kappa shape index (κ2) is 8.19. The summed E-state index contributed by atoms with van der Waals surface area (Å²) in [6, 6.07) is 9.66. The molecule has 0 spiro atoms. The van der Waals surface area contributed by atoms with E-state index in [-0.39, 0.29) is 11.9 Å². The number of anilines is 1. The van der Waals surface area contributed by atoms with Crippen LogP contribution in [0.2, 0.25) is 0 Å². The van der Waals surface area contributed by atoms with Crippen LogP contribution in [0.3, 0.4) is 0 Å². The second-order valence-electron chi connectivity index (χ2n) is 6.94. The molecule has 2 aliphatic rings. The average molecular weight is 398 g/mol. The fourth-order valence-corrected chi connectivity index (χ4v) is 4.22. The van der Waals surface area contributed by atoms with Crippen molar-refractivity contribution in [3.63, 3.8) is 0 Å². The molecule has 1 N–H and O–H groups in total. The van der Waals surface area contributed by atoms with Crippen molar-refractivity contribution in [2.24, 2.45) is 0 Å². The number of ether oxygens (including phenoxy) is 2. The van der Waals surface area contributed by atoms with Gasteiger partial charge in [0.2, 0.25) is 12.7 Å². The third kappa shape index (κ3) is 3.97. The molecule has 1 saturated heterocycles. The first kappa shape index (κ1) is 18.7. The highest BCUT2D eigenvalue weighted by atomic mass is 32.1. The number of amides is 1. The quantitative estimate of drug-likeness (QED) is 0.834. The molecule has 1 aromatic heterocycles. The Balaban J connectivity index is 1.28. The van der Waals surface area contributed by atoms with Gasteiger partial charge in [0.05, 0.1) is 11.6 Å². The summed E-state index contributed by atoms with van der Waals surface area (Å²) in [4.78, 5) is 17.1. The van der Waals surface area contributed by atoms with Crippen LogP contribution in [0.4, 0.5) is 5.00 Å². The number of benzene rings is 1. The molecule has 1 atom stereocenters. The fourth-order valence-electron chi connectivity index (χ4n) is 3.48. The molecule has 28 heavy (non-hydrogen) atoms. The van der Waals surface area contributed by atoms with Crippen LogP contribution in [0, 0.1) is 11.3 Å². The van der Waals surface area contributed by atoms with Crippen molar-refractivity contribution in [2.75, 3.05) is 38.3 Å². The van der Waals surface area contributed by atoms with Gasteiger partial charge in [-0.25, -0.2) is 0 Å². The number of fused-ring (bicyclic) bond motifs is 1. The van der Waals surface area contributed by atoms with Gasteiger partial charge in [-0.15, -0.1) is 11.3 Å². The highest BCUT2D eigenvalue weighted by Crippen LogP contribution is 2.33. The number of piperazine rings is 1. The van der Waals surface area contributed by atoms with Crippen LogP contribution in [0.25, 0.3) is 0 Å². The van der Waals surface area contributed by atoms with E-state index in [2.05, 4.69) is 27.3 Å². The molecule has 0 aliphatic carbocycles. The number of nitrogens with one attached hydrogen (secondary N) is 1. The van der Waals surface area contributed by atoms with Crippen LogP contribution in [-0.2, 0) is 11.3 Å². The van der Waals surface area contributed by atoms with E-state index in [4.69, 9.17) is 14.7 Å². The van der Waals surface area contributed by atoms with E-state index in [0.29, 0.717) is 17.4 Å². The van der Waals surface area contributed by atoms with Crippen molar-refractivity contribution < 1.29 is 14.3 Å². The van der Waals surface area contributed by atoms with Crippen LogP contribution in [0.5, 0.6) is 11.5 Å². The number of nitrogens with zero attached hydrogens (tertiary/aromatic N) is 3. The topological polar surface area (TPSA) is 77.8 Å². The van der Waals surface area contributed by atoms with Gasteiger partial charge in [0, 0.05) is 32.7 Å². The van der Waals surface area contributed by atoms with Gasteiger partial charge in [0.15, 0.2) is 11.5 Å². The molecule has 2 aromatic rings. The molecule has 7 nitrogen and oxygen atoms in total. The summed E-state index contributed by atoms with van der Waals surface area (Å²) in [5.74, 6) is 1.55. The van der Waals surface area contributed by atoms with Crippen LogP contribution >= 0.6 is 11.3 Å². The van der Waals surface area contributed by atoms with Crippen molar-refractivity contribution in [3.05, 3.63) is 40.8 Å². The average Bonchev–Trinajstić information content (AvgIpc) is 3.36. The largest absolute Gasteiger partial charge is 0.454 e. The smallest absolute Gasteiger partial charge is 0.242 e. The SMILES string of the molecule is C[C@H](C(=O)Nc1sccc1C#N)N1CCN(Cc2ccc3c(c2)OCO3)CC1. The highest BCUT2D eigenvalue weighted by Gasteiger charge is 2.26. The molecular weight excluding hydrogens is 376 g/mol. The van der Waals surface area contributed by atoms with Gasteiger partial charge in [-0.05, 0) is 36.1 Å². The van der Waals surface area contributed by atoms with Crippen molar-refractivity contribution >= 4 is 22.2 Å². The first-order valence-corrected chi connectivity index (χ1v) is 10.2. The molecule has 1 fully saturated rings. The summed E-state index contributed by atoms with van der Waals surface area (Å²) in [5.41, 5.74) is 1.71. The van der Waals surface area contributed by atoms with Gasteiger partial charge in [0.25, 0.3) is 0 Å². The summed E-state index contributed by atoms with van der Waals surface area (Å²) in [5, 5.41) is 14.4. The minimum Gasteiger partial charge on any atom is -0.454 e. The van der Waals surface area contributed by atoms with Gasteiger partial charge < -0.3 is 14.8 Å². The third-order valence-corrected chi connectivity index (χ3v) is 6.03. The second-order valence-corrected chi connectivity index (χ2v) is 7.86. The Kier molecular flexibility index (Phi) is 5.48. The summed E-state index contributed by atoms with van der Waals surface area (Å²) in [7, 11) is 0. The molecule has 0 unspecified atom stereocenters. The molecule has 8 heteroatoms. The number of nitriles is 1. The van der Waals surface area contributed by atoms with E-state index in [0.717, 1.165) is 44.2 Å². The zero-order chi connectivity index (χ0) is 19.5. The van der Waals surface area contributed by atoms with E-state index < -0.39 is 0 Å². The maximum absolute atomic E-state index is 12.6. The summed E-state index contributed by atoms with van der Waals surface area (Å²) in [6.07, 6.45) is 0. The van der Waals surface area contributed by atoms with E-state index >= 15 is 0 Å². The Hall–Kier alpha value is -2.60. The number of hydrogen-bond acceptors (Lipinski definition) is 7. The van der Waals surface area contributed by atoms with E-state index in [1.807, 2.05) is 24.4 Å². The summed E-state index contributed by atoms with van der Waals surface area (Å²) in [6.45, 7) is 6.51. The van der Waals surface area contributed by atoms with Crippen LogP contribution in [-0.4, -0.2) is 54.7 Å². The third-order valence-electron chi connectivity index (χ3n) is 5.20. The minimum absolute atomic E-state index is 0.0665. The molecule has 1 amide bonds. The van der Waals surface area contributed by atoms with Crippen molar-refractivity contribution in [1.29, 1.82) is 5.26 Å². The number of rotatable bonds is 5. The number of thiophene rings is 1. The Morgan fingerprint density at radius 1 is 1.25 bits per heavy atom. The summed E-state index contributed by atoms with van der Waals surface area (Å²) < 4.78 is 10.8. The molecule has 1 aromatic carbocycles. The van der Waals surface area contributed by atoms with E-state index in [1.165, 1.54) is 16.9 Å². The molecular formula is C20H22N4O3S. The minimum atomic E-state index is -0.235. The zero-order valence-electron chi connectivity index (χ0n) is 15.7. The molecule has 0 radical (unpaired) electrons.